The maximum atomic E-state index is 11.7. The van der Waals surface area contributed by atoms with Crippen molar-refractivity contribution in [2.75, 3.05) is 12.3 Å². The molecule has 0 amide bonds. The van der Waals surface area contributed by atoms with Gasteiger partial charge in [0.2, 0.25) is 10.0 Å². The molecule has 132 valence electrons. The van der Waals surface area contributed by atoms with E-state index in [1.165, 1.54) is 5.56 Å². The Morgan fingerprint density at radius 2 is 1.72 bits per heavy atom. The molecule has 0 spiro atoms. The molecular formula is C19H23N3O2S. The molecule has 3 aromatic rings. The van der Waals surface area contributed by atoms with Crippen molar-refractivity contribution in [2.45, 2.75) is 26.3 Å². The summed E-state index contributed by atoms with van der Waals surface area (Å²) in [4.78, 5) is 4.75. The molecule has 5 nitrogen and oxygen atoms in total. The largest absolute Gasteiger partial charge is 0.327 e. The molecule has 0 saturated carbocycles. The van der Waals surface area contributed by atoms with Crippen molar-refractivity contribution in [1.29, 1.82) is 0 Å². The van der Waals surface area contributed by atoms with Gasteiger partial charge in [-0.2, -0.15) is 0 Å². The summed E-state index contributed by atoms with van der Waals surface area (Å²) >= 11 is 0. The second-order valence-corrected chi connectivity index (χ2v) is 8.05. The summed E-state index contributed by atoms with van der Waals surface area (Å²) in [5.74, 6) is 1.08. The Bertz CT molecular complexity index is 934. The minimum absolute atomic E-state index is 0.0958. The highest BCUT2D eigenvalue weighted by Gasteiger charge is 2.12. The first kappa shape index (κ1) is 17.6. The predicted molar refractivity (Wildman–Crippen MR) is 101 cm³/mol. The molecule has 0 saturated heterocycles. The van der Waals surface area contributed by atoms with E-state index in [0.29, 0.717) is 13.1 Å². The van der Waals surface area contributed by atoms with Crippen molar-refractivity contribution in [3.63, 3.8) is 0 Å². The smallest absolute Gasteiger partial charge is 0.211 e. The molecule has 0 radical (unpaired) electrons. The lowest BCUT2D eigenvalue weighted by atomic mass is 10.1. The van der Waals surface area contributed by atoms with Crippen molar-refractivity contribution < 1.29 is 8.42 Å². The van der Waals surface area contributed by atoms with Crippen LogP contribution in [0, 0.1) is 0 Å². The number of aryl methyl sites for hydroxylation is 2. The van der Waals surface area contributed by atoms with Gasteiger partial charge in [-0.1, -0.05) is 42.5 Å². The summed E-state index contributed by atoms with van der Waals surface area (Å²) in [6.07, 6.45) is 1.73. The first-order valence-corrected chi connectivity index (χ1v) is 10.2. The number of aromatic nitrogens is 2. The van der Waals surface area contributed by atoms with Crippen LogP contribution in [-0.2, 0) is 29.4 Å². The zero-order valence-corrected chi connectivity index (χ0v) is 15.2. The van der Waals surface area contributed by atoms with E-state index in [4.69, 9.17) is 4.98 Å². The lowest BCUT2D eigenvalue weighted by molar-refractivity contribution is 0.572. The van der Waals surface area contributed by atoms with E-state index in [0.717, 1.165) is 29.7 Å². The van der Waals surface area contributed by atoms with Gasteiger partial charge < -0.3 is 4.57 Å². The van der Waals surface area contributed by atoms with Crippen LogP contribution in [0.25, 0.3) is 11.0 Å². The Balaban J connectivity index is 1.79. The quantitative estimate of drug-likeness (QED) is 0.674. The van der Waals surface area contributed by atoms with Crippen molar-refractivity contribution in [3.8, 4) is 0 Å². The summed E-state index contributed by atoms with van der Waals surface area (Å²) in [7, 11) is -3.18. The number of hydrogen-bond donors (Lipinski definition) is 1. The molecule has 1 aromatic heterocycles. The normalized spacial score (nSPS) is 11.9. The minimum Gasteiger partial charge on any atom is -0.327 e. The molecule has 0 aliphatic carbocycles. The van der Waals surface area contributed by atoms with Crippen LogP contribution < -0.4 is 4.72 Å². The zero-order chi connectivity index (χ0) is 17.7. The maximum Gasteiger partial charge on any atom is 0.211 e. The second kappa shape index (κ2) is 7.80. The van der Waals surface area contributed by atoms with E-state index < -0.39 is 10.0 Å². The van der Waals surface area contributed by atoms with Gasteiger partial charge in [0.15, 0.2) is 0 Å². The van der Waals surface area contributed by atoms with E-state index in [1.807, 2.05) is 42.5 Å². The number of fused-ring (bicyclic) bond motifs is 1. The third-order valence-corrected chi connectivity index (χ3v) is 5.66. The van der Waals surface area contributed by atoms with Gasteiger partial charge in [0.05, 0.1) is 16.8 Å². The fraction of sp³-hybridized carbons (Fsp3) is 0.316. The van der Waals surface area contributed by atoms with Gasteiger partial charge in [-0.05, 0) is 31.0 Å². The first-order chi connectivity index (χ1) is 12.1. The molecule has 25 heavy (non-hydrogen) atoms. The number of rotatable bonds is 8. The van der Waals surface area contributed by atoms with Crippen molar-refractivity contribution in [3.05, 3.63) is 66.0 Å². The molecule has 3 rings (SSSR count). The Morgan fingerprint density at radius 3 is 2.48 bits per heavy atom. The number of sulfonamides is 1. The molecule has 1 N–H and O–H groups in total. The Labute approximate surface area is 148 Å². The van der Waals surface area contributed by atoms with E-state index >= 15 is 0 Å². The summed E-state index contributed by atoms with van der Waals surface area (Å²) in [5, 5.41) is 0. The summed E-state index contributed by atoms with van der Waals surface area (Å²) < 4.78 is 28.1. The number of benzene rings is 2. The van der Waals surface area contributed by atoms with Gasteiger partial charge in [-0.3, -0.25) is 0 Å². The second-order valence-electron chi connectivity index (χ2n) is 5.95. The number of nitrogens with zero attached hydrogens (tertiary/aromatic N) is 2. The summed E-state index contributed by atoms with van der Waals surface area (Å²) in [6.45, 7) is 2.58. The molecule has 6 heteroatoms. The molecule has 1 heterocycles. The Morgan fingerprint density at radius 1 is 1.00 bits per heavy atom. The zero-order valence-electron chi connectivity index (χ0n) is 14.4. The van der Waals surface area contributed by atoms with Crippen LogP contribution in [0.15, 0.2) is 54.6 Å². The number of hydrogen-bond acceptors (Lipinski definition) is 3. The Kier molecular flexibility index (Phi) is 5.50. The Hall–Kier alpha value is -2.18. The number of para-hydroxylation sites is 2. The summed E-state index contributed by atoms with van der Waals surface area (Å²) in [6, 6.07) is 18.3. The van der Waals surface area contributed by atoms with Crippen molar-refractivity contribution in [2.24, 2.45) is 0 Å². The van der Waals surface area contributed by atoms with Crippen LogP contribution >= 0.6 is 0 Å². The fourth-order valence-corrected chi connectivity index (χ4v) is 3.49. The predicted octanol–water partition coefficient (Wildman–Crippen LogP) is 2.76. The highest BCUT2D eigenvalue weighted by Crippen LogP contribution is 2.17. The third-order valence-electron chi connectivity index (χ3n) is 4.25. The van der Waals surface area contributed by atoms with Crippen LogP contribution in [0.5, 0.6) is 0 Å². The highest BCUT2D eigenvalue weighted by atomic mass is 32.2. The highest BCUT2D eigenvalue weighted by molar-refractivity contribution is 7.89. The molecule has 0 unspecified atom stereocenters. The topological polar surface area (TPSA) is 64.0 Å². The summed E-state index contributed by atoms with van der Waals surface area (Å²) in [5.41, 5.74) is 3.26. The van der Waals surface area contributed by atoms with Crippen LogP contribution in [0.2, 0.25) is 0 Å². The average Bonchev–Trinajstić information content (AvgIpc) is 2.99. The van der Waals surface area contributed by atoms with Crippen LogP contribution in [0.1, 0.15) is 18.3 Å². The lowest BCUT2D eigenvalue weighted by Crippen LogP contribution is -2.29. The first-order valence-electron chi connectivity index (χ1n) is 8.54. The van der Waals surface area contributed by atoms with Gasteiger partial charge in [0, 0.05) is 19.5 Å². The van der Waals surface area contributed by atoms with E-state index in [-0.39, 0.29) is 5.75 Å². The molecule has 2 aromatic carbocycles. The van der Waals surface area contributed by atoms with Crippen molar-refractivity contribution in [1.82, 2.24) is 14.3 Å². The van der Waals surface area contributed by atoms with Gasteiger partial charge in [-0.15, -0.1) is 0 Å². The van der Waals surface area contributed by atoms with Gasteiger partial charge >= 0.3 is 0 Å². The average molecular weight is 357 g/mol. The number of nitrogens with one attached hydrogen (secondary N) is 1. The van der Waals surface area contributed by atoms with Crippen LogP contribution in [0.4, 0.5) is 0 Å². The monoisotopic (exact) mass is 357 g/mol. The molecule has 0 bridgehead atoms. The van der Waals surface area contributed by atoms with E-state index in [2.05, 4.69) is 21.4 Å². The standard InChI is InChI=1S/C19H23N3O2S/c1-2-25(23,24)20-14-15-22-18-11-7-6-10-17(18)21-19(22)13-12-16-8-4-3-5-9-16/h3-11,20H,2,12-15H2,1H3. The molecule has 0 aliphatic heterocycles. The van der Waals surface area contributed by atoms with Crippen molar-refractivity contribution >= 4 is 21.1 Å². The molecule has 0 fully saturated rings. The van der Waals surface area contributed by atoms with Gasteiger partial charge in [0.1, 0.15) is 5.82 Å². The van der Waals surface area contributed by atoms with Crippen LogP contribution in [-0.4, -0.2) is 30.3 Å². The van der Waals surface area contributed by atoms with Gasteiger partial charge in [-0.25, -0.2) is 18.1 Å². The van der Waals surface area contributed by atoms with E-state index in [1.54, 1.807) is 6.92 Å². The van der Waals surface area contributed by atoms with Gasteiger partial charge in [0.25, 0.3) is 0 Å². The molecule has 0 aliphatic rings. The SMILES string of the molecule is CCS(=O)(=O)NCCn1c(CCc2ccccc2)nc2ccccc21. The number of imidazole rings is 1. The van der Waals surface area contributed by atoms with E-state index in [9.17, 15) is 8.42 Å². The third kappa shape index (κ3) is 4.46. The molecular weight excluding hydrogens is 334 g/mol. The fourth-order valence-electron chi connectivity index (χ4n) is 2.88. The molecule has 0 atom stereocenters. The van der Waals surface area contributed by atoms with Crippen LogP contribution in [0.3, 0.4) is 0 Å². The minimum atomic E-state index is -3.18. The lowest BCUT2D eigenvalue weighted by Gasteiger charge is -2.10. The maximum absolute atomic E-state index is 11.7.